The summed E-state index contributed by atoms with van der Waals surface area (Å²) < 4.78 is 5.11. The Morgan fingerprint density at radius 3 is 2.27 bits per heavy atom. The van der Waals surface area contributed by atoms with E-state index in [9.17, 15) is 0 Å². The Bertz CT molecular complexity index is 293. The van der Waals surface area contributed by atoms with Crippen molar-refractivity contribution in [1.29, 1.82) is 0 Å². The van der Waals surface area contributed by atoms with Gasteiger partial charge in [-0.2, -0.15) is 0 Å². The molecule has 0 atom stereocenters. The molecule has 0 heterocycles. The van der Waals surface area contributed by atoms with Gasteiger partial charge < -0.3 is 15.4 Å². The minimum Gasteiger partial charge on any atom is -0.497 e. The Hall–Kier alpha value is -1.22. The Morgan fingerprint density at radius 2 is 1.80 bits per heavy atom. The van der Waals surface area contributed by atoms with Crippen molar-refractivity contribution in [3.63, 3.8) is 0 Å². The lowest BCUT2D eigenvalue weighted by Crippen LogP contribution is -2.40. The maximum absolute atomic E-state index is 5.11. The molecule has 2 N–H and O–H groups in total. The number of nitrogens with one attached hydrogen (secondary N) is 2. The van der Waals surface area contributed by atoms with Crippen molar-refractivity contribution in [3.05, 3.63) is 24.3 Å². The van der Waals surface area contributed by atoms with Gasteiger partial charge in [-0.15, -0.1) is 0 Å². The first-order valence-corrected chi connectivity index (χ1v) is 5.14. The lowest BCUT2D eigenvalue weighted by Gasteiger charge is -2.27. The van der Waals surface area contributed by atoms with E-state index in [-0.39, 0.29) is 5.54 Å². The number of hydrogen-bond acceptors (Lipinski definition) is 3. The Balaban J connectivity index is 2.64. The zero-order valence-electron chi connectivity index (χ0n) is 9.92. The summed E-state index contributed by atoms with van der Waals surface area (Å²) >= 11 is 0. The molecule has 15 heavy (non-hydrogen) atoms. The van der Waals surface area contributed by atoms with E-state index in [1.165, 1.54) is 0 Å². The molecule has 3 heteroatoms. The molecule has 3 nitrogen and oxygen atoms in total. The van der Waals surface area contributed by atoms with Gasteiger partial charge in [-0.05, 0) is 45.2 Å². The summed E-state index contributed by atoms with van der Waals surface area (Å²) in [7, 11) is 3.63. The van der Waals surface area contributed by atoms with E-state index >= 15 is 0 Å². The molecule has 0 bridgehead atoms. The van der Waals surface area contributed by atoms with Gasteiger partial charge in [0.25, 0.3) is 0 Å². The number of anilines is 1. The van der Waals surface area contributed by atoms with Crippen molar-refractivity contribution in [2.45, 2.75) is 19.4 Å². The molecule has 1 aromatic carbocycles. The van der Waals surface area contributed by atoms with Crippen LogP contribution in [0, 0.1) is 0 Å². The maximum Gasteiger partial charge on any atom is 0.119 e. The van der Waals surface area contributed by atoms with Crippen LogP contribution in [0.1, 0.15) is 13.8 Å². The second kappa shape index (κ2) is 5.03. The molecular formula is C12H20N2O. The smallest absolute Gasteiger partial charge is 0.119 e. The number of rotatable bonds is 5. The number of hydrogen-bond donors (Lipinski definition) is 2. The van der Waals surface area contributed by atoms with Crippen molar-refractivity contribution >= 4 is 5.69 Å². The van der Waals surface area contributed by atoms with E-state index < -0.39 is 0 Å². The number of ether oxygens (including phenoxy) is 1. The molecule has 0 saturated heterocycles. The fourth-order valence-corrected chi connectivity index (χ4v) is 1.55. The van der Waals surface area contributed by atoms with Crippen molar-refractivity contribution in [2.24, 2.45) is 0 Å². The molecule has 84 valence electrons. The molecule has 0 spiro atoms. The molecule has 0 saturated carbocycles. The van der Waals surface area contributed by atoms with Gasteiger partial charge >= 0.3 is 0 Å². The highest BCUT2D eigenvalue weighted by molar-refractivity contribution is 5.48. The van der Waals surface area contributed by atoms with Crippen LogP contribution in [-0.4, -0.2) is 26.2 Å². The summed E-state index contributed by atoms with van der Waals surface area (Å²) in [5.41, 5.74) is 1.15. The number of benzene rings is 1. The lowest BCUT2D eigenvalue weighted by molar-refractivity contribution is 0.415. The summed E-state index contributed by atoms with van der Waals surface area (Å²) in [6, 6.07) is 7.96. The van der Waals surface area contributed by atoms with Gasteiger partial charge in [0, 0.05) is 17.8 Å². The van der Waals surface area contributed by atoms with Crippen molar-refractivity contribution in [3.8, 4) is 5.75 Å². The number of likely N-dealkylation sites (N-methyl/N-ethyl adjacent to an activating group) is 1. The highest BCUT2D eigenvalue weighted by Gasteiger charge is 2.15. The third-order valence-electron chi connectivity index (χ3n) is 2.19. The van der Waals surface area contributed by atoms with Crippen LogP contribution in [-0.2, 0) is 0 Å². The highest BCUT2D eigenvalue weighted by Crippen LogP contribution is 2.18. The molecule has 0 aliphatic rings. The van der Waals surface area contributed by atoms with E-state index in [1.807, 2.05) is 31.3 Å². The zero-order valence-corrected chi connectivity index (χ0v) is 9.92. The Labute approximate surface area is 91.8 Å². The molecule has 1 aromatic rings. The van der Waals surface area contributed by atoms with Crippen LogP contribution in [0.25, 0.3) is 0 Å². The van der Waals surface area contributed by atoms with Gasteiger partial charge in [-0.25, -0.2) is 0 Å². The summed E-state index contributed by atoms with van der Waals surface area (Å²) in [4.78, 5) is 0. The Kier molecular flexibility index (Phi) is 3.97. The second-order valence-corrected chi connectivity index (χ2v) is 4.27. The summed E-state index contributed by atoms with van der Waals surface area (Å²) in [5.74, 6) is 0.881. The SMILES string of the molecule is CNCC(C)(C)Nc1ccc(OC)cc1. The van der Waals surface area contributed by atoms with Crippen LogP contribution in [0.2, 0.25) is 0 Å². The molecule has 0 aromatic heterocycles. The molecular weight excluding hydrogens is 188 g/mol. The molecule has 0 fully saturated rings. The molecule has 0 radical (unpaired) electrons. The van der Waals surface area contributed by atoms with Gasteiger partial charge in [0.15, 0.2) is 0 Å². The summed E-state index contributed by atoms with van der Waals surface area (Å²) in [5, 5.41) is 6.62. The second-order valence-electron chi connectivity index (χ2n) is 4.27. The van der Waals surface area contributed by atoms with Gasteiger partial charge in [-0.3, -0.25) is 0 Å². The summed E-state index contributed by atoms with van der Waals surface area (Å²) in [6.45, 7) is 5.24. The van der Waals surface area contributed by atoms with Gasteiger partial charge in [0.05, 0.1) is 7.11 Å². The van der Waals surface area contributed by atoms with Crippen LogP contribution in [0.3, 0.4) is 0 Å². The van der Waals surface area contributed by atoms with Gasteiger partial charge in [-0.1, -0.05) is 0 Å². The Morgan fingerprint density at radius 1 is 1.20 bits per heavy atom. The van der Waals surface area contributed by atoms with E-state index in [1.54, 1.807) is 7.11 Å². The van der Waals surface area contributed by atoms with Crippen LogP contribution >= 0.6 is 0 Å². The normalized spacial score (nSPS) is 11.2. The third-order valence-corrected chi connectivity index (χ3v) is 2.19. The van der Waals surface area contributed by atoms with E-state index in [0.717, 1.165) is 18.0 Å². The van der Waals surface area contributed by atoms with Gasteiger partial charge in [0.1, 0.15) is 5.75 Å². The topological polar surface area (TPSA) is 33.3 Å². The quantitative estimate of drug-likeness (QED) is 0.777. The average molecular weight is 208 g/mol. The molecule has 1 rings (SSSR count). The van der Waals surface area contributed by atoms with Crippen LogP contribution in [0.4, 0.5) is 5.69 Å². The fourth-order valence-electron chi connectivity index (χ4n) is 1.55. The predicted octanol–water partition coefficient (Wildman–Crippen LogP) is 2.11. The first-order chi connectivity index (χ1) is 7.07. The molecule has 0 amide bonds. The highest BCUT2D eigenvalue weighted by atomic mass is 16.5. The van der Waals surface area contributed by atoms with Crippen molar-refractivity contribution in [2.75, 3.05) is 26.0 Å². The minimum atomic E-state index is 0.0450. The van der Waals surface area contributed by atoms with Crippen LogP contribution in [0.15, 0.2) is 24.3 Å². The minimum absolute atomic E-state index is 0.0450. The molecule has 0 unspecified atom stereocenters. The standard InChI is InChI=1S/C12H20N2O/c1-12(2,9-13-3)14-10-5-7-11(15-4)8-6-10/h5-8,13-14H,9H2,1-4H3. The summed E-state index contributed by atoms with van der Waals surface area (Å²) in [6.07, 6.45) is 0. The van der Waals surface area contributed by atoms with Crippen molar-refractivity contribution in [1.82, 2.24) is 5.32 Å². The molecule has 0 aliphatic carbocycles. The monoisotopic (exact) mass is 208 g/mol. The zero-order chi connectivity index (χ0) is 11.3. The van der Waals surface area contributed by atoms with E-state index in [0.29, 0.717) is 0 Å². The predicted molar refractivity (Wildman–Crippen MR) is 64.6 cm³/mol. The van der Waals surface area contributed by atoms with Crippen LogP contribution in [0.5, 0.6) is 5.75 Å². The fraction of sp³-hybridized carbons (Fsp3) is 0.500. The number of methoxy groups -OCH3 is 1. The lowest BCUT2D eigenvalue weighted by atomic mass is 10.1. The first-order valence-electron chi connectivity index (χ1n) is 5.14. The van der Waals surface area contributed by atoms with E-state index in [2.05, 4.69) is 24.5 Å². The largest absolute Gasteiger partial charge is 0.497 e. The van der Waals surface area contributed by atoms with Crippen molar-refractivity contribution < 1.29 is 4.74 Å². The molecule has 0 aliphatic heterocycles. The first kappa shape index (κ1) is 11.9. The maximum atomic E-state index is 5.11. The third kappa shape index (κ3) is 3.80. The van der Waals surface area contributed by atoms with E-state index in [4.69, 9.17) is 4.74 Å². The van der Waals surface area contributed by atoms with Gasteiger partial charge in [0.2, 0.25) is 0 Å². The van der Waals surface area contributed by atoms with Crippen LogP contribution < -0.4 is 15.4 Å². The average Bonchev–Trinajstić information content (AvgIpc) is 2.18.